The van der Waals surface area contributed by atoms with Crippen LogP contribution in [0.3, 0.4) is 0 Å². The number of methoxy groups -OCH3 is 1. The predicted octanol–water partition coefficient (Wildman–Crippen LogP) is 3.31. The molecule has 2 rings (SSSR count). The van der Waals surface area contributed by atoms with Crippen molar-refractivity contribution in [1.82, 2.24) is 5.43 Å². The predicted molar refractivity (Wildman–Crippen MR) is 82.8 cm³/mol. The molecule has 1 atom stereocenters. The molecule has 0 fully saturated rings. The van der Waals surface area contributed by atoms with Crippen LogP contribution in [0.5, 0.6) is 5.75 Å². The number of hydrogen-bond donors (Lipinski definition) is 2. The summed E-state index contributed by atoms with van der Waals surface area (Å²) < 4.78 is 19.0. The Morgan fingerprint density at radius 3 is 2.38 bits per heavy atom. The van der Waals surface area contributed by atoms with Crippen LogP contribution in [0, 0.1) is 26.6 Å². The first-order valence-corrected chi connectivity index (χ1v) is 6.85. The van der Waals surface area contributed by atoms with Gasteiger partial charge in [-0.2, -0.15) is 0 Å². The van der Waals surface area contributed by atoms with Crippen molar-refractivity contribution in [2.45, 2.75) is 26.8 Å². The monoisotopic (exact) mass is 288 g/mol. The van der Waals surface area contributed by atoms with Gasteiger partial charge in [-0.05, 0) is 49.1 Å². The number of ether oxygens (including phenoxy) is 1. The van der Waals surface area contributed by atoms with Crippen molar-refractivity contribution in [3.63, 3.8) is 0 Å². The molecule has 1 unspecified atom stereocenters. The van der Waals surface area contributed by atoms with Gasteiger partial charge in [0, 0.05) is 5.56 Å². The highest BCUT2D eigenvalue weighted by molar-refractivity contribution is 5.49. The third-order valence-electron chi connectivity index (χ3n) is 3.90. The lowest BCUT2D eigenvalue weighted by molar-refractivity contribution is 0.400. The van der Waals surface area contributed by atoms with E-state index in [0.717, 1.165) is 28.0 Å². The van der Waals surface area contributed by atoms with Gasteiger partial charge in [-0.25, -0.2) is 9.82 Å². The summed E-state index contributed by atoms with van der Waals surface area (Å²) in [6.45, 7) is 5.79. The van der Waals surface area contributed by atoms with Gasteiger partial charge >= 0.3 is 0 Å². The molecule has 0 aliphatic rings. The molecular formula is C17H21FN2O. The Morgan fingerprint density at radius 2 is 1.81 bits per heavy atom. The molecule has 2 aromatic rings. The van der Waals surface area contributed by atoms with E-state index in [4.69, 9.17) is 10.6 Å². The van der Waals surface area contributed by atoms with Crippen molar-refractivity contribution < 1.29 is 9.13 Å². The molecule has 0 saturated carbocycles. The maximum atomic E-state index is 13.5. The van der Waals surface area contributed by atoms with Gasteiger partial charge in [0.25, 0.3) is 0 Å². The number of rotatable bonds is 4. The van der Waals surface area contributed by atoms with Crippen LogP contribution in [-0.4, -0.2) is 7.11 Å². The van der Waals surface area contributed by atoms with Crippen molar-refractivity contribution >= 4 is 0 Å². The van der Waals surface area contributed by atoms with Crippen LogP contribution in [0.4, 0.5) is 4.39 Å². The van der Waals surface area contributed by atoms with E-state index < -0.39 is 0 Å². The lowest BCUT2D eigenvalue weighted by Gasteiger charge is -2.22. The molecule has 0 radical (unpaired) electrons. The molecule has 0 aliphatic heterocycles. The Kier molecular flexibility index (Phi) is 4.60. The molecule has 21 heavy (non-hydrogen) atoms. The Morgan fingerprint density at radius 1 is 1.10 bits per heavy atom. The Labute approximate surface area is 124 Å². The Bertz CT molecular complexity index is 655. The smallest absolute Gasteiger partial charge is 0.127 e. The third-order valence-corrected chi connectivity index (χ3v) is 3.90. The van der Waals surface area contributed by atoms with Crippen LogP contribution < -0.4 is 16.0 Å². The van der Waals surface area contributed by atoms with Crippen LogP contribution in [0.15, 0.2) is 30.3 Å². The van der Waals surface area contributed by atoms with E-state index in [9.17, 15) is 4.39 Å². The SMILES string of the molecule is COc1c(C(NN)c2ccc(F)c(C)c2)ccc(C)c1C. The molecule has 0 spiro atoms. The average Bonchev–Trinajstić information content (AvgIpc) is 2.47. The second-order valence-corrected chi connectivity index (χ2v) is 5.24. The van der Waals surface area contributed by atoms with E-state index in [0.29, 0.717) is 5.56 Å². The summed E-state index contributed by atoms with van der Waals surface area (Å²) in [5.74, 6) is 6.32. The van der Waals surface area contributed by atoms with E-state index in [1.54, 1.807) is 26.2 Å². The summed E-state index contributed by atoms with van der Waals surface area (Å²) in [6.07, 6.45) is 0. The van der Waals surface area contributed by atoms with Crippen molar-refractivity contribution in [2.24, 2.45) is 5.84 Å². The zero-order valence-corrected chi connectivity index (χ0v) is 12.8. The molecule has 0 aliphatic carbocycles. The highest BCUT2D eigenvalue weighted by Crippen LogP contribution is 2.34. The summed E-state index contributed by atoms with van der Waals surface area (Å²) >= 11 is 0. The summed E-state index contributed by atoms with van der Waals surface area (Å²) in [6, 6.07) is 8.77. The molecule has 0 bridgehead atoms. The van der Waals surface area contributed by atoms with E-state index in [2.05, 4.69) is 5.43 Å². The summed E-state index contributed by atoms with van der Waals surface area (Å²) in [7, 11) is 1.65. The van der Waals surface area contributed by atoms with E-state index in [1.165, 1.54) is 6.07 Å². The van der Waals surface area contributed by atoms with Crippen LogP contribution >= 0.6 is 0 Å². The summed E-state index contributed by atoms with van der Waals surface area (Å²) in [5.41, 5.74) is 7.47. The highest BCUT2D eigenvalue weighted by Gasteiger charge is 2.19. The van der Waals surface area contributed by atoms with Crippen molar-refractivity contribution in [3.05, 3.63) is 64.0 Å². The molecule has 0 heterocycles. The van der Waals surface area contributed by atoms with Crippen molar-refractivity contribution in [1.29, 1.82) is 0 Å². The number of hydrazine groups is 1. The van der Waals surface area contributed by atoms with Crippen LogP contribution in [-0.2, 0) is 0 Å². The Hall–Kier alpha value is -1.91. The van der Waals surface area contributed by atoms with Gasteiger partial charge in [0.2, 0.25) is 0 Å². The van der Waals surface area contributed by atoms with Crippen LogP contribution in [0.2, 0.25) is 0 Å². The lowest BCUT2D eigenvalue weighted by atomic mass is 9.94. The van der Waals surface area contributed by atoms with E-state index in [1.807, 2.05) is 26.0 Å². The van der Waals surface area contributed by atoms with Gasteiger partial charge in [0.15, 0.2) is 0 Å². The number of nitrogens with two attached hydrogens (primary N) is 1. The van der Waals surface area contributed by atoms with Crippen molar-refractivity contribution in [2.75, 3.05) is 7.11 Å². The zero-order valence-electron chi connectivity index (χ0n) is 12.8. The Balaban J connectivity index is 2.56. The van der Waals surface area contributed by atoms with E-state index in [-0.39, 0.29) is 11.9 Å². The maximum absolute atomic E-state index is 13.5. The third kappa shape index (κ3) is 2.91. The largest absolute Gasteiger partial charge is 0.496 e. The highest BCUT2D eigenvalue weighted by atomic mass is 19.1. The fraction of sp³-hybridized carbons (Fsp3) is 0.294. The van der Waals surface area contributed by atoms with Crippen LogP contribution in [0.25, 0.3) is 0 Å². The van der Waals surface area contributed by atoms with Gasteiger partial charge in [-0.1, -0.05) is 24.3 Å². The number of nitrogens with one attached hydrogen (secondary N) is 1. The molecule has 0 aromatic heterocycles. The summed E-state index contributed by atoms with van der Waals surface area (Å²) in [5, 5.41) is 0. The van der Waals surface area contributed by atoms with Gasteiger partial charge in [-0.15, -0.1) is 0 Å². The average molecular weight is 288 g/mol. The van der Waals surface area contributed by atoms with Gasteiger partial charge in [0.05, 0.1) is 13.2 Å². The summed E-state index contributed by atoms with van der Waals surface area (Å²) in [4.78, 5) is 0. The van der Waals surface area contributed by atoms with Crippen molar-refractivity contribution in [3.8, 4) is 5.75 Å². The van der Waals surface area contributed by atoms with Gasteiger partial charge in [-0.3, -0.25) is 5.84 Å². The fourth-order valence-electron chi connectivity index (χ4n) is 2.52. The molecule has 2 aromatic carbocycles. The first-order chi connectivity index (χ1) is 9.99. The lowest BCUT2D eigenvalue weighted by Crippen LogP contribution is -2.29. The minimum Gasteiger partial charge on any atom is -0.496 e. The normalized spacial score (nSPS) is 12.3. The molecular weight excluding hydrogens is 267 g/mol. The molecule has 3 nitrogen and oxygen atoms in total. The van der Waals surface area contributed by atoms with Gasteiger partial charge < -0.3 is 4.74 Å². The first-order valence-electron chi connectivity index (χ1n) is 6.85. The van der Waals surface area contributed by atoms with Crippen LogP contribution in [0.1, 0.15) is 33.9 Å². The number of hydrogen-bond acceptors (Lipinski definition) is 3. The van der Waals surface area contributed by atoms with Gasteiger partial charge in [0.1, 0.15) is 11.6 Å². The topological polar surface area (TPSA) is 47.3 Å². The quantitative estimate of drug-likeness (QED) is 0.670. The minimum atomic E-state index is -0.251. The molecule has 112 valence electrons. The maximum Gasteiger partial charge on any atom is 0.127 e. The minimum absolute atomic E-state index is 0.221. The second kappa shape index (κ2) is 6.24. The number of halogens is 1. The fourth-order valence-corrected chi connectivity index (χ4v) is 2.52. The molecule has 3 N–H and O–H groups in total. The standard InChI is InChI=1S/C17H21FN2O/c1-10-5-7-14(17(21-4)12(10)3)16(20-19)13-6-8-15(18)11(2)9-13/h5-9,16,20H,19H2,1-4H3. The molecule has 4 heteroatoms. The van der Waals surface area contributed by atoms with E-state index >= 15 is 0 Å². The molecule has 0 saturated heterocycles. The second-order valence-electron chi connectivity index (χ2n) is 5.24. The zero-order chi connectivity index (χ0) is 15.6. The molecule has 0 amide bonds. The number of benzene rings is 2. The number of aryl methyl sites for hydroxylation is 2. The first kappa shape index (κ1) is 15.5.